The standard InChI is InChI=1S/C18H24N4O/c1-15(23)19-11-18-7-10-21(13-18)12-16-3-5-17(6-4-16)14-22-9-2-8-20-22/h2-6,8-9,18H,7,10-14H2,1H3,(H,19,23)/t18-/m0/s1. The molecule has 0 saturated carbocycles. The van der Waals surface area contributed by atoms with Gasteiger partial charge in [0.15, 0.2) is 0 Å². The van der Waals surface area contributed by atoms with Crippen molar-refractivity contribution in [2.75, 3.05) is 19.6 Å². The fourth-order valence-electron chi connectivity index (χ4n) is 3.10. The fourth-order valence-corrected chi connectivity index (χ4v) is 3.10. The molecule has 5 nitrogen and oxygen atoms in total. The van der Waals surface area contributed by atoms with Crippen LogP contribution in [0.5, 0.6) is 0 Å². The molecule has 1 amide bonds. The van der Waals surface area contributed by atoms with Crippen LogP contribution in [0.15, 0.2) is 42.7 Å². The molecule has 1 fully saturated rings. The van der Waals surface area contributed by atoms with Crippen LogP contribution in [0.2, 0.25) is 0 Å². The van der Waals surface area contributed by atoms with E-state index in [4.69, 9.17) is 0 Å². The van der Waals surface area contributed by atoms with Crippen LogP contribution < -0.4 is 5.32 Å². The predicted molar refractivity (Wildman–Crippen MR) is 89.8 cm³/mol. The average molecular weight is 312 g/mol. The third kappa shape index (κ3) is 4.66. The largest absolute Gasteiger partial charge is 0.356 e. The van der Waals surface area contributed by atoms with Crippen molar-refractivity contribution in [1.82, 2.24) is 20.0 Å². The van der Waals surface area contributed by atoms with Gasteiger partial charge in [-0.05, 0) is 36.1 Å². The molecule has 1 aliphatic heterocycles. The van der Waals surface area contributed by atoms with Gasteiger partial charge in [-0.15, -0.1) is 0 Å². The van der Waals surface area contributed by atoms with Gasteiger partial charge in [0.05, 0.1) is 6.54 Å². The van der Waals surface area contributed by atoms with Gasteiger partial charge in [-0.1, -0.05) is 24.3 Å². The van der Waals surface area contributed by atoms with Crippen LogP contribution in [0.4, 0.5) is 0 Å². The first-order valence-electron chi connectivity index (χ1n) is 8.21. The maximum Gasteiger partial charge on any atom is 0.216 e. The molecule has 2 aromatic rings. The van der Waals surface area contributed by atoms with Gasteiger partial charge in [0.2, 0.25) is 5.91 Å². The van der Waals surface area contributed by atoms with Gasteiger partial charge in [-0.3, -0.25) is 14.4 Å². The Balaban J connectivity index is 1.48. The normalized spacial score (nSPS) is 18.2. The maximum absolute atomic E-state index is 11.0. The first kappa shape index (κ1) is 15.7. The molecule has 1 aromatic carbocycles. The number of hydrogen-bond acceptors (Lipinski definition) is 3. The molecule has 5 heteroatoms. The quantitative estimate of drug-likeness (QED) is 0.886. The second kappa shape index (κ2) is 7.42. The Labute approximate surface area is 137 Å². The van der Waals surface area contributed by atoms with E-state index in [0.717, 1.165) is 39.1 Å². The van der Waals surface area contributed by atoms with Crippen molar-refractivity contribution < 1.29 is 4.79 Å². The molecule has 3 rings (SSSR count). The number of likely N-dealkylation sites (tertiary alicyclic amines) is 1. The van der Waals surface area contributed by atoms with Crippen LogP contribution in [0, 0.1) is 5.92 Å². The number of nitrogens with one attached hydrogen (secondary N) is 1. The van der Waals surface area contributed by atoms with Gasteiger partial charge in [-0.25, -0.2) is 0 Å². The van der Waals surface area contributed by atoms with E-state index < -0.39 is 0 Å². The van der Waals surface area contributed by atoms with Crippen molar-refractivity contribution in [3.63, 3.8) is 0 Å². The highest BCUT2D eigenvalue weighted by molar-refractivity contribution is 5.72. The highest BCUT2D eigenvalue weighted by Gasteiger charge is 2.22. The minimum absolute atomic E-state index is 0.0659. The molecule has 23 heavy (non-hydrogen) atoms. The minimum atomic E-state index is 0.0659. The Morgan fingerprint density at radius 3 is 2.65 bits per heavy atom. The third-order valence-corrected chi connectivity index (χ3v) is 4.34. The summed E-state index contributed by atoms with van der Waals surface area (Å²) in [6.45, 7) is 6.36. The van der Waals surface area contributed by atoms with Gasteiger partial charge in [0.25, 0.3) is 0 Å². The van der Waals surface area contributed by atoms with Gasteiger partial charge in [0, 0.05) is 39.0 Å². The first-order chi connectivity index (χ1) is 11.2. The zero-order valence-electron chi connectivity index (χ0n) is 13.6. The maximum atomic E-state index is 11.0. The topological polar surface area (TPSA) is 50.2 Å². The first-order valence-corrected chi connectivity index (χ1v) is 8.21. The van der Waals surface area contributed by atoms with E-state index >= 15 is 0 Å². The number of rotatable bonds is 6. The second-order valence-corrected chi connectivity index (χ2v) is 6.35. The highest BCUT2D eigenvalue weighted by atomic mass is 16.1. The molecule has 0 unspecified atom stereocenters. The molecule has 2 heterocycles. The van der Waals surface area contributed by atoms with Crippen molar-refractivity contribution >= 4 is 5.91 Å². The fraction of sp³-hybridized carbons (Fsp3) is 0.444. The van der Waals surface area contributed by atoms with Crippen LogP contribution in [-0.4, -0.2) is 40.2 Å². The van der Waals surface area contributed by atoms with E-state index in [2.05, 4.69) is 39.6 Å². The van der Waals surface area contributed by atoms with Crippen molar-refractivity contribution in [1.29, 1.82) is 0 Å². The Kier molecular flexibility index (Phi) is 5.08. The molecule has 0 spiro atoms. The summed E-state index contributed by atoms with van der Waals surface area (Å²) in [5, 5.41) is 7.16. The smallest absolute Gasteiger partial charge is 0.216 e. The molecule has 1 atom stereocenters. The second-order valence-electron chi connectivity index (χ2n) is 6.35. The SMILES string of the molecule is CC(=O)NC[C@@H]1CCN(Cc2ccc(Cn3cccn3)cc2)C1. The van der Waals surface area contributed by atoms with E-state index in [1.807, 2.05) is 16.9 Å². The molecule has 0 aliphatic carbocycles. The number of aromatic nitrogens is 2. The Morgan fingerprint density at radius 2 is 2.00 bits per heavy atom. The summed E-state index contributed by atoms with van der Waals surface area (Å²) >= 11 is 0. The molecule has 0 radical (unpaired) electrons. The van der Waals surface area contributed by atoms with Crippen molar-refractivity contribution in [2.24, 2.45) is 5.92 Å². The number of carbonyl (C=O) groups excluding carboxylic acids is 1. The van der Waals surface area contributed by atoms with Crippen molar-refractivity contribution in [3.05, 3.63) is 53.9 Å². The Morgan fingerprint density at radius 1 is 1.26 bits per heavy atom. The van der Waals surface area contributed by atoms with Crippen LogP contribution in [0.25, 0.3) is 0 Å². The summed E-state index contributed by atoms with van der Waals surface area (Å²) in [5.74, 6) is 0.647. The molecule has 0 bridgehead atoms. The van der Waals surface area contributed by atoms with E-state index in [0.29, 0.717) is 5.92 Å². The number of benzene rings is 1. The number of carbonyl (C=O) groups is 1. The predicted octanol–water partition coefficient (Wildman–Crippen LogP) is 1.89. The highest BCUT2D eigenvalue weighted by Crippen LogP contribution is 2.18. The summed E-state index contributed by atoms with van der Waals surface area (Å²) in [4.78, 5) is 13.5. The monoisotopic (exact) mass is 312 g/mol. The summed E-state index contributed by atoms with van der Waals surface area (Å²) in [6, 6.07) is 10.7. The lowest BCUT2D eigenvalue weighted by Gasteiger charge is -2.16. The van der Waals surface area contributed by atoms with E-state index in [1.165, 1.54) is 11.1 Å². The van der Waals surface area contributed by atoms with Gasteiger partial charge in [0.1, 0.15) is 0 Å². The molecule has 1 aliphatic rings. The number of nitrogens with zero attached hydrogens (tertiary/aromatic N) is 3. The van der Waals surface area contributed by atoms with Crippen LogP contribution in [0.3, 0.4) is 0 Å². The van der Waals surface area contributed by atoms with E-state index in [1.54, 1.807) is 13.1 Å². The summed E-state index contributed by atoms with van der Waals surface area (Å²) in [7, 11) is 0. The summed E-state index contributed by atoms with van der Waals surface area (Å²) in [6.07, 6.45) is 4.95. The molecule has 1 aromatic heterocycles. The molecule has 1 saturated heterocycles. The molecular weight excluding hydrogens is 288 g/mol. The molecule has 1 N–H and O–H groups in total. The molecule has 122 valence electrons. The Bertz CT molecular complexity index is 621. The lowest BCUT2D eigenvalue weighted by molar-refractivity contribution is -0.119. The zero-order chi connectivity index (χ0) is 16.1. The van der Waals surface area contributed by atoms with Gasteiger partial charge in [-0.2, -0.15) is 5.10 Å². The van der Waals surface area contributed by atoms with E-state index in [9.17, 15) is 4.79 Å². The van der Waals surface area contributed by atoms with E-state index in [-0.39, 0.29) is 5.91 Å². The van der Waals surface area contributed by atoms with Gasteiger partial charge < -0.3 is 5.32 Å². The number of hydrogen-bond donors (Lipinski definition) is 1. The Hall–Kier alpha value is -2.14. The van der Waals surface area contributed by atoms with Crippen LogP contribution in [0.1, 0.15) is 24.5 Å². The third-order valence-electron chi connectivity index (χ3n) is 4.34. The van der Waals surface area contributed by atoms with Gasteiger partial charge >= 0.3 is 0 Å². The summed E-state index contributed by atoms with van der Waals surface area (Å²) in [5.41, 5.74) is 2.61. The van der Waals surface area contributed by atoms with Crippen LogP contribution >= 0.6 is 0 Å². The van der Waals surface area contributed by atoms with Crippen LogP contribution in [-0.2, 0) is 17.9 Å². The minimum Gasteiger partial charge on any atom is -0.356 e. The lowest BCUT2D eigenvalue weighted by atomic mass is 10.1. The van der Waals surface area contributed by atoms with Crippen molar-refractivity contribution in [3.8, 4) is 0 Å². The average Bonchev–Trinajstić information content (AvgIpc) is 3.19. The number of amides is 1. The van der Waals surface area contributed by atoms with Crippen molar-refractivity contribution in [2.45, 2.75) is 26.4 Å². The lowest BCUT2D eigenvalue weighted by Crippen LogP contribution is -2.29. The molecular formula is C18H24N4O. The summed E-state index contributed by atoms with van der Waals surface area (Å²) < 4.78 is 1.93. The zero-order valence-corrected chi connectivity index (χ0v) is 13.6.